The lowest BCUT2D eigenvalue weighted by molar-refractivity contribution is -0.123. The van der Waals surface area contributed by atoms with Crippen molar-refractivity contribution in [1.82, 2.24) is 25.5 Å². The molecular weight excluding hydrogens is 344 g/mol. The fourth-order valence-electron chi connectivity index (χ4n) is 3.27. The van der Waals surface area contributed by atoms with Gasteiger partial charge in [-0.1, -0.05) is 5.10 Å². The second-order valence-corrected chi connectivity index (χ2v) is 7.04. The zero-order chi connectivity index (χ0) is 18.8. The van der Waals surface area contributed by atoms with Crippen LogP contribution >= 0.6 is 0 Å². The highest BCUT2D eigenvalue weighted by molar-refractivity contribution is 5.86. The quantitative estimate of drug-likeness (QED) is 0.731. The predicted octanol–water partition coefficient (Wildman–Crippen LogP) is 1.86. The second-order valence-electron chi connectivity index (χ2n) is 7.04. The van der Waals surface area contributed by atoms with E-state index in [1.807, 2.05) is 26.2 Å². The Hall–Kier alpha value is -2.87. The number of Topliss-reactive ketones (excluding diaryl/α,β-unsaturated/α-hetero) is 1. The Labute approximate surface area is 157 Å². The summed E-state index contributed by atoms with van der Waals surface area (Å²) in [6.45, 7) is 1.82. The molecular formula is C19H22N6O2. The van der Waals surface area contributed by atoms with Crippen LogP contribution in [0.4, 0.5) is 6.01 Å². The molecule has 0 spiro atoms. The second kappa shape index (κ2) is 7.40. The number of nitrogens with zero attached hydrogens (tertiary/aromatic N) is 5. The summed E-state index contributed by atoms with van der Waals surface area (Å²) in [6.07, 6.45) is 5.57. The third-order valence-electron chi connectivity index (χ3n) is 4.82. The molecule has 1 aliphatic heterocycles. The Balaban J connectivity index is 1.57. The smallest absolute Gasteiger partial charge is 0.317 e. The van der Waals surface area contributed by atoms with E-state index in [2.05, 4.69) is 25.5 Å². The van der Waals surface area contributed by atoms with Crippen LogP contribution in [0.15, 0.2) is 28.9 Å². The van der Waals surface area contributed by atoms with Gasteiger partial charge in [0.2, 0.25) is 0 Å². The first-order chi connectivity index (χ1) is 13.1. The fourth-order valence-corrected chi connectivity index (χ4v) is 3.27. The normalized spacial score (nSPS) is 15.2. The summed E-state index contributed by atoms with van der Waals surface area (Å²) >= 11 is 0. The van der Waals surface area contributed by atoms with Gasteiger partial charge >= 0.3 is 6.01 Å². The molecule has 27 heavy (non-hydrogen) atoms. The third kappa shape index (κ3) is 3.80. The van der Waals surface area contributed by atoms with Crippen molar-refractivity contribution in [2.45, 2.75) is 19.3 Å². The number of anilines is 1. The molecule has 1 fully saturated rings. The number of hydrogen-bond donors (Lipinski definition) is 1. The summed E-state index contributed by atoms with van der Waals surface area (Å²) in [6, 6.07) is 4.30. The molecule has 0 saturated carbocycles. The van der Waals surface area contributed by atoms with Gasteiger partial charge in [0, 0.05) is 43.7 Å². The van der Waals surface area contributed by atoms with E-state index in [9.17, 15) is 4.79 Å². The molecule has 0 amide bonds. The minimum absolute atomic E-state index is 0.135. The van der Waals surface area contributed by atoms with Gasteiger partial charge in [-0.15, -0.1) is 5.10 Å². The van der Waals surface area contributed by atoms with E-state index in [4.69, 9.17) is 4.42 Å². The van der Waals surface area contributed by atoms with Crippen LogP contribution in [-0.2, 0) is 11.2 Å². The number of fused-ring (bicyclic) bond motifs is 1. The molecule has 0 bridgehead atoms. The number of rotatable bonds is 5. The Morgan fingerprint density at radius 3 is 2.74 bits per heavy atom. The molecule has 1 aliphatic rings. The largest absolute Gasteiger partial charge is 0.403 e. The van der Waals surface area contributed by atoms with Crippen molar-refractivity contribution in [2.24, 2.45) is 5.92 Å². The maximum atomic E-state index is 12.5. The topological polar surface area (TPSA) is 97.0 Å². The van der Waals surface area contributed by atoms with E-state index in [1.54, 1.807) is 17.3 Å². The van der Waals surface area contributed by atoms with Crippen molar-refractivity contribution in [3.05, 3.63) is 30.2 Å². The standard InChI is InChI=1S/C19H22N6O2/c1-25(2)19-24-23-18(27-19)14-7-13-8-15(21-11-16(13)22-10-14)9-17(26)12-3-5-20-6-4-12/h7-8,10-12,20H,3-6,9H2,1-2H3. The van der Waals surface area contributed by atoms with Crippen LogP contribution in [0.25, 0.3) is 22.4 Å². The summed E-state index contributed by atoms with van der Waals surface area (Å²) in [7, 11) is 3.68. The first-order valence-corrected chi connectivity index (χ1v) is 9.09. The van der Waals surface area contributed by atoms with Crippen LogP contribution in [0.5, 0.6) is 0 Å². The number of nitrogens with one attached hydrogen (secondary N) is 1. The van der Waals surface area contributed by atoms with E-state index in [1.165, 1.54) is 0 Å². The van der Waals surface area contributed by atoms with Gasteiger partial charge < -0.3 is 14.6 Å². The first-order valence-electron chi connectivity index (χ1n) is 9.09. The maximum Gasteiger partial charge on any atom is 0.317 e. The minimum atomic E-state index is 0.135. The summed E-state index contributed by atoms with van der Waals surface area (Å²) in [5.74, 6) is 0.813. The molecule has 140 valence electrons. The highest BCUT2D eigenvalue weighted by atomic mass is 16.4. The van der Waals surface area contributed by atoms with Gasteiger partial charge in [0.05, 0.1) is 17.3 Å². The zero-order valence-electron chi connectivity index (χ0n) is 15.5. The van der Waals surface area contributed by atoms with Gasteiger partial charge in [-0.05, 0) is 38.1 Å². The summed E-state index contributed by atoms with van der Waals surface area (Å²) in [4.78, 5) is 23.1. The lowest BCUT2D eigenvalue weighted by atomic mass is 9.91. The molecule has 0 radical (unpaired) electrons. The van der Waals surface area contributed by atoms with Gasteiger partial charge in [0.15, 0.2) is 0 Å². The number of carbonyl (C=O) groups is 1. The molecule has 3 aromatic heterocycles. The predicted molar refractivity (Wildman–Crippen MR) is 101 cm³/mol. The van der Waals surface area contributed by atoms with Crippen molar-refractivity contribution < 1.29 is 9.21 Å². The van der Waals surface area contributed by atoms with Crippen LogP contribution in [-0.4, -0.2) is 53.1 Å². The van der Waals surface area contributed by atoms with E-state index in [0.29, 0.717) is 18.3 Å². The van der Waals surface area contributed by atoms with Crippen LogP contribution in [0.1, 0.15) is 18.5 Å². The van der Waals surface area contributed by atoms with Crippen molar-refractivity contribution >= 4 is 22.7 Å². The molecule has 1 N–H and O–H groups in total. The van der Waals surface area contributed by atoms with Gasteiger partial charge in [0.1, 0.15) is 5.78 Å². The number of piperidine rings is 1. The lowest BCUT2D eigenvalue weighted by Gasteiger charge is -2.21. The van der Waals surface area contributed by atoms with Crippen LogP contribution in [0, 0.1) is 5.92 Å². The number of pyridine rings is 2. The van der Waals surface area contributed by atoms with E-state index >= 15 is 0 Å². The third-order valence-corrected chi connectivity index (χ3v) is 4.82. The highest BCUT2D eigenvalue weighted by Gasteiger charge is 2.21. The average Bonchev–Trinajstić information content (AvgIpc) is 3.19. The zero-order valence-corrected chi connectivity index (χ0v) is 15.5. The fraction of sp³-hybridized carbons (Fsp3) is 0.421. The first kappa shape index (κ1) is 17.5. The molecule has 4 heterocycles. The van der Waals surface area contributed by atoms with Crippen LogP contribution < -0.4 is 10.2 Å². The molecule has 4 rings (SSSR count). The molecule has 8 nitrogen and oxygen atoms in total. The average molecular weight is 366 g/mol. The molecule has 3 aromatic rings. The molecule has 0 unspecified atom stereocenters. The minimum Gasteiger partial charge on any atom is -0.403 e. The van der Waals surface area contributed by atoms with Crippen LogP contribution in [0.3, 0.4) is 0 Å². The van der Waals surface area contributed by atoms with Gasteiger partial charge in [0.25, 0.3) is 5.89 Å². The molecule has 0 aliphatic carbocycles. The Kier molecular flexibility index (Phi) is 4.81. The van der Waals surface area contributed by atoms with Crippen molar-refractivity contribution in [1.29, 1.82) is 0 Å². The number of ketones is 1. The van der Waals surface area contributed by atoms with Crippen LogP contribution in [0.2, 0.25) is 0 Å². The van der Waals surface area contributed by atoms with Gasteiger partial charge in [-0.3, -0.25) is 14.8 Å². The Morgan fingerprint density at radius 2 is 2.00 bits per heavy atom. The lowest BCUT2D eigenvalue weighted by Crippen LogP contribution is -2.32. The summed E-state index contributed by atoms with van der Waals surface area (Å²) in [5, 5.41) is 12.3. The summed E-state index contributed by atoms with van der Waals surface area (Å²) < 4.78 is 5.64. The number of carbonyl (C=O) groups excluding carboxylic acids is 1. The molecule has 1 saturated heterocycles. The van der Waals surface area contributed by atoms with E-state index < -0.39 is 0 Å². The number of aromatic nitrogens is 4. The van der Waals surface area contributed by atoms with Crippen molar-refractivity contribution in [2.75, 3.05) is 32.1 Å². The Morgan fingerprint density at radius 1 is 1.19 bits per heavy atom. The van der Waals surface area contributed by atoms with E-state index in [-0.39, 0.29) is 11.7 Å². The number of hydrogen-bond acceptors (Lipinski definition) is 8. The molecule has 0 aromatic carbocycles. The van der Waals surface area contributed by atoms with Gasteiger partial charge in [-0.2, -0.15) is 0 Å². The van der Waals surface area contributed by atoms with Crippen molar-refractivity contribution in [3.63, 3.8) is 0 Å². The Bertz CT molecular complexity index is 962. The SMILES string of the molecule is CN(C)c1nnc(-c2cnc3cnc(CC(=O)C4CCNCC4)cc3c2)o1. The monoisotopic (exact) mass is 366 g/mol. The van der Waals surface area contributed by atoms with Gasteiger partial charge in [-0.25, -0.2) is 0 Å². The maximum absolute atomic E-state index is 12.5. The molecule has 0 atom stereocenters. The highest BCUT2D eigenvalue weighted by Crippen LogP contribution is 2.24. The van der Waals surface area contributed by atoms with E-state index in [0.717, 1.165) is 48.1 Å². The van der Waals surface area contributed by atoms with Crippen molar-refractivity contribution in [3.8, 4) is 11.5 Å². The molecule has 8 heteroatoms. The summed E-state index contributed by atoms with van der Waals surface area (Å²) in [5.41, 5.74) is 2.28.